The molecule has 2 rings (SSSR count). The molecule has 0 unspecified atom stereocenters. The summed E-state index contributed by atoms with van der Waals surface area (Å²) in [5, 5.41) is 2.67. The summed E-state index contributed by atoms with van der Waals surface area (Å²) >= 11 is 0. The van der Waals surface area contributed by atoms with E-state index in [1.54, 1.807) is 32.0 Å². The number of carbonyl (C=O) groups excluding carboxylic acids is 2. The van der Waals surface area contributed by atoms with E-state index < -0.39 is 15.9 Å². The first-order valence-electron chi connectivity index (χ1n) is 8.33. The maximum atomic E-state index is 12.2. The van der Waals surface area contributed by atoms with E-state index in [1.165, 1.54) is 36.4 Å². The average Bonchev–Trinajstić information content (AvgIpc) is 2.64. The van der Waals surface area contributed by atoms with Gasteiger partial charge in [-0.15, -0.1) is 0 Å². The minimum atomic E-state index is -3.98. The van der Waals surface area contributed by atoms with Crippen LogP contribution in [0.3, 0.4) is 0 Å². The number of nitrogens with one attached hydrogen (secondary N) is 2. The molecule has 0 saturated carbocycles. The Morgan fingerprint density at radius 1 is 0.885 bits per heavy atom. The molecule has 0 heterocycles. The highest BCUT2D eigenvalue weighted by molar-refractivity contribution is 7.90. The van der Waals surface area contributed by atoms with Crippen molar-refractivity contribution in [1.29, 1.82) is 0 Å². The summed E-state index contributed by atoms with van der Waals surface area (Å²) in [6.07, 6.45) is 0. The van der Waals surface area contributed by atoms with Gasteiger partial charge in [0.15, 0.2) is 0 Å². The zero-order valence-corrected chi connectivity index (χ0v) is 16.1. The van der Waals surface area contributed by atoms with Crippen LogP contribution in [0, 0.1) is 5.92 Å². The lowest BCUT2D eigenvalue weighted by molar-refractivity contribution is -0.118. The molecule has 0 aliphatic heterocycles. The zero-order chi connectivity index (χ0) is 19.7. The predicted octanol–water partition coefficient (Wildman–Crippen LogP) is 3.43. The molecule has 0 saturated heterocycles. The third kappa shape index (κ3) is 6.00. The van der Waals surface area contributed by atoms with E-state index in [2.05, 4.69) is 5.32 Å². The number of rotatable bonds is 5. The monoisotopic (exact) mass is 376 g/mol. The fourth-order valence-corrected chi connectivity index (χ4v) is 2.81. The Morgan fingerprint density at radius 3 is 1.92 bits per heavy atom. The first-order valence-corrected chi connectivity index (χ1v) is 9.81. The molecule has 7 heteroatoms. The van der Waals surface area contributed by atoms with Crippen molar-refractivity contribution >= 4 is 27.5 Å². The van der Waals surface area contributed by atoms with Gasteiger partial charge in [0.1, 0.15) is 0 Å². The van der Waals surface area contributed by atoms with Gasteiger partial charge in [-0.1, -0.05) is 45.9 Å². The minimum absolute atomic E-state index is 0.0608. The topological polar surface area (TPSA) is 92.3 Å². The van der Waals surface area contributed by atoms with Crippen molar-refractivity contribution in [1.82, 2.24) is 4.72 Å². The van der Waals surface area contributed by atoms with Gasteiger partial charge in [0.25, 0.3) is 15.9 Å². The molecule has 0 radical (unpaired) electrons. The van der Waals surface area contributed by atoms with Crippen LogP contribution in [0.4, 0.5) is 5.69 Å². The fourth-order valence-electron chi connectivity index (χ4n) is 1.83. The average molecular weight is 376 g/mol. The first kappa shape index (κ1) is 21.4. The minimum Gasteiger partial charge on any atom is -0.326 e. The van der Waals surface area contributed by atoms with Gasteiger partial charge in [0, 0.05) is 17.2 Å². The molecule has 0 atom stereocenters. The summed E-state index contributed by atoms with van der Waals surface area (Å²) in [6.45, 7) is 7.51. The summed E-state index contributed by atoms with van der Waals surface area (Å²) in [5.41, 5.74) is 0.740. The summed E-state index contributed by atoms with van der Waals surface area (Å²) in [4.78, 5) is 23.5. The number of carbonyl (C=O) groups is 2. The number of hydrogen-bond acceptors (Lipinski definition) is 4. The van der Waals surface area contributed by atoms with E-state index in [0.29, 0.717) is 5.69 Å². The van der Waals surface area contributed by atoms with Crippen molar-refractivity contribution in [3.05, 3.63) is 60.2 Å². The molecule has 0 aliphatic carbocycles. The quantitative estimate of drug-likeness (QED) is 0.836. The molecular formula is C19H24N2O4S. The van der Waals surface area contributed by atoms with E-state index in [0.717, 1.165) is 0 Å². The van der Waals surface area contributed by atoms with Crippen LogP contribution in [-0.4, -0.2) is 20.2 Å². The molecule has 0 aliphatic rings. The van der Waals surface area contributed by atoms with E-state index in [4.69, 9.17) is 0 Å². The van der Waals surface area contributed by atoms with Crippen molar-refractivity contribution in [2.45, 2.75) is 32.6 Å². The lowest BCUT2D eigenvalue weighted by Gasteiger charge is -2.10. The Hall–Kier alpha value is -2.67. The first-order chi connectivity index (χ1) is 12.3. The fraction of sp³-hybridized carbons (Fsp3) is 0.263. The van der Waals surface area contributed by atoms with E-state index in [1.807, 2.05) is 18.6 Å². The van der Waals surface area contributed by atoms with Crippen molar-refractivity contribution in [2.24, 2.45) is 5.92 Å². The Morgan fingerprint density at radius 2 is 1.42 bits per heavy atom. The molecule has 2 aromatic rings. The Kier molecular flexibility index (Phi) is 7.99. The van der Waals surface area contributed by atoms with Gasteiger partial charge < -0.3 is 5.32 Å². The molecule has 2 amide bonds. The highest BCUT2D eigenvalue weighted by Crippen LogP contribution is 2.15. The smallest absolute Gasteiger partial charge is 0.264 e. The van der Waals surface area contributed by atoms with Crippen molar-refractivity contribution in [3.63, 3.8) is 0 Å². The van der Waals surface area contributed by atoms with Gasteiger partial charge >= 0.3 is 0 Å². The summed E-state index contributed by atoms with van der Waals surface area (Å²) in [5.74, 6) is -1.05. The zero-order valence-electron chi connectivity index (χ0n) is 15.3. The highest BCUT2D eigenvalue weighted by Gasteiger charge is 2.18. The third-order valence-electron chi connectivity index (χ3n) is 3.22. The summed E-state index contributed by atoms with van der Waals surface area (Å²) < 4.78 is 26.5. The largest absolute Gasteiger partial charge is 0.326 e. The van der Waals surface area contributed by atoms with Crippen LogP contribution >= 0.6 is 0 Å². The molecule has 0 fully saturated rings. The predicted molar refractivity (Wildman–Crippen MR) is 102 cm³/mol. The van der Waals surface area contributed by atoms with Crippen LogP contribution < -0.4 is 10.0 Å². The standard InChI is InChI=1S/C17H18N2O4S.C2H6/c1-12(2)16(20)18-14-8-10-15(11-9-14)24(22,23)19-17(21)13-6-4-3-5-7-13;1-2/h3-12H,1-2H3,(H,18,20)(H,19,21);1-2H3. The molecule has 26 heavy (non-hydrogen) atoms. The van der Waals surface area contributed by atoms with Gasteiger partial charge in [0.05, 0.1) is 4.90 Å². The number of anilines is 1. The lowest BCUT2D eigenvalue weighted by atomic mass is 10.2. The van der Waals surface area contributed by atoms with E-state index in [-0.39, 0.29) is 22.3 Å². The van der Waals surface area contributed by atoms with Gasteiger partial charge in [0.2, 0.25) is 5.91 Å². The number of benzene rings is 2. The second kappa shape index (κ2) is 9.72. The third-order valence-corrected chi connectivity index (χ3v) is 4.57. The van der Waals surface area contributed by atoms with Crippen molar-refractivity contribution < 1.29 is 18.0 Å². The molecular weight excluding hydrogens is 352 g/mol. The van der Waals surface area contributed by atoms with E-state index >= 15 is 0 Å². The van der Waals surface area contributed by atoms with Crippen molar-refractivity contribution in [2.75, 3.05) is 5.32 Å². The highest BCUT2D eigenvalue weighted by atomic mass is 32.2. The van der Waals surface area contributed by atoms with Crippen LogP contribution in [0.1, 0.15) is 38.1 Å². The maximum absolute atomic E-state index is 12.2. The molecule has 0 bridgehead atoms. The molecule has 2 N–H and O–H groups in total. The number of amides is 2. The Balaban J connectivity index is 0.00000163. The lowest BCUT2D eigenvalue weighted by Crippen LogP contribution is -2.30. The number of sulfonamides is 1. The molecule has 6 nitrogen and oxygen atoms in total. The maximum Gasteiger partial charge on any atom is 0.264 e. The van der Waals surface area contributed by atoms with Crippen LogP contribution in [0.5, 0.6) is 0 Å². The second-order valence-corrected chi connectivity index (χ2v) is 7.15. The molecule has 2 aromatic carbocycles. The molecule has 0 spiro atoms. The van der Waals surface area contributed by atoms with Gasteiger partial charge in [-0.25, -0.2) is 13.1 Å². The number of hydrogen-bond donors (Lipinski definition) is 2. The van der Waals surface area contributed by atoms with E-state index in [9.17, 15) is 18.0 Å². The normalized spacial score (nSPS) is 10.5. The van der Waals surface area contributed by atoms with Crippen LogP contribution in [-0.2, 0) is 14.8 Å². The van der Waals surface area contributed by atoms with Crippen LogP contribution in [0.15, 0.2) is 59.5 Å². The van der Waals surface area contributed by atoms with Gasteiger partial charge in [-0.2, -0.15) is 0 Å². The SMILES string of the molecule is CC.CC(C)C(=O)Nc1ccc(S(=O)(=O)NC(=O)c2ccccc2)cc1. The Labute approximate surface area is 154 Å². The summed E-state index contributed by atoms with van der Waals surface area (Å²) in [6, 6.07) is 13.7. The van der Waals surface area contributed by atoms with Gasteiger partial charge in [-0.05, 0) is 36.4 Å². The molecule has 0 aromatic heterocycles. The molecule has 140 valence electrons. The van der Waals surface area contributed by atoms with Crippen molar-refractivity contribution in [3.8, 4) is 0 Å². The summed E-state index contributed by atoms with van der Waals surface area (Å²) in [7, 11) is -3.98. The van der Waals surface area contributed by atoms with Crippen LogP contribution in [0.2, 0.25) is 0 Å². The Bertz CT molecular complexity index is 830. The van der Waals surface area contributed by atoms with Gasteiger partial charge in [-0.3, -0.25) is 9.59 Å². The van der Waals surface area contributed by atoms with Crippen LogP contribution in [0.25, 0.3) is 0 Å². The second-order valence-electron chi connectivity index (χ2n) is 5.47.